The van der Waals surface area contributed by atoms with E-state index in [0.717, 1.165) is 12.2 Å². The monoisotopic (exact) mass is 499 g/mol. The van der Waals surface area contributed by atoms with Crippen molar-refractivity contribution in [1.29, 1.82) is 0 Å². The molecule has 0 aromatic heterocycles. The Morgan fingerprint density at radius 1 is 0.931 bits per heavy atom. The van der Waals surface area contributed by atoms with Crippen molar-refractivity contribution in [2.24, 2.45) is 0 Å². The van der Waals surface area contributed by atoms with Crippen LogP contribution in [0.25, 0.3) is 11.1 Å². The van der Waals surface area contributed by atoms with Crippen LogP contribution in [0.15, 0.2) is 69.8 Å². The molecule has 0 amide bonds. The van der Waals surface area contributed by atoms with E-state index in [1.807, 2.05) is 0 Å². The third-order valence-corrected chi connectivity index (χ3v) is 17.7. The van der Waals surface area contributed by atoms with Gasteiger partial charge in [0.25, 0.3) is 0 Å². The van der Waals surface area contributed by atoms with Gasteiger partial charge in [-0.1, -0.05) is 0 Å². The van der Waals surface area contributed by atoms with Gasteiger partial charge in [0.15, 0.2) is 0 Å². The van der Waals surface area contributed by atoms with Crippen molar-refractivity contribution in [2.75, 3.05) is 0 Å². The minimum absolute atomic E-state index is 0. The molecule has 0 spiro atoms. The first-order chi connectivity index (χ1) is 12.8. The van der Waals surface area contributed by atoms with Gasteiger partial charge in [-0.2, -0.15) is 0 Å². The Morgan fingerprint density at radius 2 is 1.59 bits per heavy atom. The van der Waals surface area contributed by atoms with Crippen molar-refractivity contribution in [1.82, 2.24) is 0 Å². The maximum absolute atomic E-state index is 6.88. The summed E-state index contributed by atoms with van der Waals surface area (Å²) in [7, 11) is -1.31. The van der Waals surface area contributed by atoms with Crippen LogP contribution in [-0.2, 0) is 17.5 Å². The summed E-state index contributed by atoms with van der Waals surface area (Å²) in [4.78, 5) is 0. The number of halogens is 2. The van der Waals surface area contributed by atoms with Crippen LogP contribution in [0.2, 0.25) is 32.7 Å². The second-order valence-corrected chi connectivity index (χ2v) is 26.1. The van der Waals surface area contributed by atoms with Crippen LogP contribution < -0.4 is 3.32 Å². The normalized spacial score (nSPS) is 13.2. The fourth-order valence-corrected chi connectivity index (χ4v) is 17.0. The molecule has 0 radical (unpaired) electrons. The van der Waals surface area contributed by atoms with Crippen LogP contribution in [-0.4, -0.2) is 14.7 Å². The fraction of sp³-hybridized carbons (Fsp3) is 0.304. The van der Waals surface area contributed by atoms with E-state index >= 15 is 0 Å². The topological polar surface area (TPSA) is 9.23 Å². The van der Waals surface area contributed by atoms with Crippen LogP contribution in [0.4, 0.5) is 0 Å². The smallest absolute Gasteiger partial charge is 0.147 e. The van der Waals surface area contributed by atoms with Crippen molar-refractivity contribution in [3.8, 4) is 16.9 Å². The summed E-state index contributed by atoms with van der Waals surface area (Å²) < 4.78 is 8.60. The molecule has 0 fully saturated rings. The number of hydrogen-bond acceptors (Lipinski definition) is 1. The average molecular weight is 500 g/mol. The number of rotatable bonds is 6. The van der Waals surface area contributed by atoms with Gasteiger partial charge in [0.1, 0.15) is 0 Å². The number of aryl methyl sites for hydroxylation is 1. The Morgan fingerprint density at radius 3 is 2.17 bits per heavy atom. The molecule has 0 heterocycles. The first kappa shape index (κ1) is 26.5. The first-order valence-electron chi connectivity index (χ1n) is 9.88. The van der Waals surface area contributed by atoms with Gasteiger partial charge < -0.3 is 0 Å². The molecule has 29 heavy (non-hydrogen) atoms. The molecule has 0 unspecified atom stereocenters. The zero-order chi connectivity index (χ0) is 19.6. The van der Waals surface area contributed by atoms with E-state index < -0.39 is 32.3 Å². The summed E-state index contributed by atoms with van der Waals surface area (Å²) in [5.74, 6) is 1.08. The molecule has 0 aliphatic heterocycles. The molecule has 0 N–H and O–H groups in total. The predicted octanol–water partition coefficient (Wildman–Crippen LogP) is 7.49. The van der Waals surface area contributed by atoms with Crippen LogP contribution in [0.5, 0.6) is 5.75 Å². The standard InChI is InChI=1S/C13H12O.C8H13Si.C2H7Si.2ClH.Ti/c1-10-7-12(9-13(14)8-10)11-5-3-2-4-6-11;1-9(2,3)8-6-4-5-7-8;1-3-2;;;/h2-9,14H,1H3;4,6H,5H2,1-3H3;3H,1-2H3;2*1H;/q;;;;;+1/p-1. The largest absolute Gasteiger partial charge is 0.147 e. The van der Waals surface area contributed by atoms with Gasteiger partial charge in [0.2, 0.25) is 0 Å². The van der Waals surface area contributed by atoms with Gasteiger partial charge in [0, 0.05) is 0 Å². The van der Waals surface area contributed by atoms with Gasteiger partial charge in [-0.05, 0) is 0 Å². The molecule has 1 aliphatic rings. The Labute approximate surface area is 197 Å². The molecule has 0 saturated heterocycles. The van der Waals surface area contributed by atoms with E-state index in [1.54, 1.807) is 9.07 Å². The van der Waals surface area contributed by atoms with Gasteiger partial charge in [0.05, 0.1) is 0 Å². The minimum Gasteiger partial charge on any atom is -0.147 e. The zero-order valence-corrected chi connectivity index (χ0v) is 23.6. The van der Waals surface area contributed by atoms with Crippen molar-refractivity contribution in [3.63, 3.8) is 0 Å². The third-order valence-electron chi connectivity index (χ3n) is 4.95. The summed E-state index contributed by atoms with van der Waals surface area (Å²) in [5, 5.41) is 1.68. The van der Waals surface area contributed by atoms with E-state index in [9.17, 15) is 0 Å². The van der Waals surface area contributed by atoms with Crippen molar-refractivity contribution in [2.45, 2.75) is 46.1 Å². The number of benzene rings is 2. The van der Waals surface area contributed by atoms with E-state index in [1.165, 1.54) is 16.7 Å². The van der Waals surface area contributed by atoms with E-state index in [4.69, 9.17) is 3.32 Å². The van der Waals surface area contributed by atoms with Crippen LogP contribution in [0.1, 0.15) is 12.0 Å². The Hall–Kier alpha value is -0.552. The van der Waals surface area contributed by atoms with Crippen molar-refractivity contribution in [3.05, 3.63) is 75.3 Å². The summed E-state index contributed by atoms with van der Waals surface area (Å²) >= 11 is -1.72. The summed E-state index contributed by atoms with van der Waals surface area (Å²) in [6, 6.07) is 17.4. The third kappa shape index (κ3) is 6.72. The predicted molar refractivity (Wildman–Crippen MR) is 135 cm³/mol. The zero-order valence-electron chi connectivity index (χ0n) is 18.3. The molecule has 0 bridgehead atoms. The second-order valence-electron chi connectivity index (χ2n) is 8.77. The van der Waals surface area contributed by atoms with Crippen molar-refractivity contribution < 1.29 is 20.8 Å². The van der Waals surface area contributed by atoms with E-state index in [-0.39, 0.29) is 24.8 Å². The van der Waals surface area contributed by atoms with Crippen LogP contribution >= 0.6 is 24.8 Å². The molecular formula is C23H33Cl2OSi2Ti. The maximum Gasteiger partial charge on any atom is -0.147 e. The summed E-state index contributed by atoms with van der Waals surface area (Å²) in [5.41, 5.74) is 3.80. The van der Waals surface area contributed by atoms with Crippen molar-refractivity contribution >= 4 is 39.6 Å². The molecule has 2 aromatic rings. The Bertz CT molecular complexity index is 874. The maximum atomic E-state index is 6.88. The second kappa shape index (κ2) is 11.2. The molecule has 0 saturated carbocycles. The van der Waals surface area contributed by atoms with Gasteiger partial charge in [-0.15, -0.1) is 24.8 Å². The SMILES string of the molecule is Cc1cc([O][Ti]([C]2=C([Si](C)(C)C)C=CC2)[SiH](C)C)cc(-c2ccccc2)c1.Cl.Cl. The summed E-state index contributed by atoms with van der Waals surface area (Å²) in [6.45, 7) is 13.7. The van der Waals surface area contributed by atoms with Gasteiger partial charge in [-0.25, -0.2) is 0 Å². The first-order valence-corrected chi connectivity index (χ1v) is 20.4. The summed E-state index contributed by atoms with van der Waals surface area (Å²) in [6.07, 6.45) is 5.93. The quantitative estimate of drug-likeness (QED) is 0.374. The fourth-order valence-electron chi connectivity index (χ4n) is 3.70. The van der Waals surface area contributed by atoms with E-state index in [2.05, 4.69) is 100 Å². The van der Waals surface area contributed by atoms with Crippen LogP contribution in [0.3, 0.4) is 0 Å². The average Bonchev–Trinajstić information content (AvgIpc) is 3.09. The molecule has 6 heteroatoms. The molecular weight excluding hydrogens is 467 g/mol. The molecule has 2 aromatic carbocycles. The molecule has 157 valence electrons. The minimum atomic E-state index is -1.72. The van der Waals surface area contributed by atoms with E-state index in [0.29, 0.717) is 0 Å². The number of hydrogen-bond donors (Lipinski definition) is 0. The van der Waals surface area contributed by atoms with Gasteiger partial charge >= 0.3 is 174 Å². The molecule has 1 nitrogen and oxygen atoms in total. The Kier molecular flexibility index (Phi) is 10.2. The Balaban J connectivity index is 0.00000210. The molecule has 0 atom stereocenters. The molecule has 3 rings (SSSR count). The van der Waals surface area contributed by atoms with Gasteiger partial charge in [-0.3, -0.25) is 0 Å². The molecule has 1 aliphatic carbocycles. The number of allylic oxidation sites excluding steroid dienone is 4. The van der Waals surface area contributed by atoms with Crippen LogP contribution in [0, 0.1) is 6.92 Å².